The Bertz CT molecular complexity index is 484. The summed E-state index contributed by atoms with van der Waals surface area (Å²) in [6, 6.07) is 0. The highest BCUT2D eigenvalue weighted by molar-refractivity contribution is 5.78. The Kier molecular flexibility index (Phi) is 4.57. The third-order valence-electron chi connectivity index (χ3n) is 2.19. The lowest BCUT2D eigenvalue weighted by Crippen LogP contribution is -2.15. The van der Waals surface area contributed by atoms with Crippen LogP contribution in [0.2, 0.25) is 0 Å². The Morgan fingerprint density at radius 1 is 1.47 bits per heavy atom. The summed E-state index contributed by atoms with van der Waals surface area (Å²) in [5, 5.41) is 10.4. The van der Waals surface area contributed by atoms with Crippen LogP contribution in [0.1, 0.15) is 18.7 Å². The highest BCUT2D eigenvalue weighted by atomic mass is 19.4. The number of carbonyl (C=O) groups excluding carboxylic acids is 1. The summed E-state index contributed by atoms with van der Waals surface area (Å²) in [5.41, 5.74) is 0. The fourth-order valence-corrected chi connectivity index (χ4v) is 1.32. The second-order valence-electron chi connectivity index (χ2n) is 3.69. The monoisotopic (exact) mass is 282 g/mol. The summed E-state index contributed by atoms with van der Waals surface area (Å²) in [6.07, 6.45) is -5.69. The number of alkyl halides is 4. The summed E-state index contributed by atoms with van der Waals surface area (Å²) < 4.78 is 49.0. The van der Waals surface area contributed by atoms with Crippen LogP contribution in [0.3, 0.4) is 0 Å². The van der Waals surface area contributed by atoms with Gasteiger partial charge in [0.1, 0.15) is 6.20 Å². The van der Waals surface area contributed by atoms with Crippen molar-refractivity contribution >= 4 is 11.6 Å². The van der Waals surface area contributed by atoms with Gasteiger partial charge in [0.25, 0.3) is 5.82 Å². The first kappa shape index (κ1) is 15.1. The van der Waals surface area contributed by atoms with Crippen molar-refractivity contribution in [3.8, 4) is 0 Å². The fourth-order valence-electron chi connectivity index (χ4n) is 1.32. The van der Waals surface area contributed by atoms with Gasteiger partial charge in [0, 0.05) is 6.42 Å². The van der Waals surface area contributed by atoms with E-state index in [0.717, 1.165) is 10.8 Å². The van der Waals surface area contributed by atoms with Crippen LogP contribution in [0, 0.1) is 10.1 Å². The number of hydrogen-bond donors (Lipinski definition) is 0. The molecule has 1 aromatic heterocycles. The average Bonchev–Trinajstić information content (AvgIpc) is 2.69. The lowest BCUT2D eigenvalue weighted by molar-refractivity contribution is -0.389. The topological polar surface area (TPSA) is 78.0 Å². The molecule has 0 aliphatic rings. The normalized spacial score (nSPS) is 11.6. The maximum atomic E-state index is 12.5. The van der Waals surface area contributed by atoms with Crippen molar-refractivity contribution in [3.05, 3.63) is 22.1 Å². The van der Waals surface area contributed by atoms with Crippen LogP contribution in [0.5, 0.6) is 0 Å². The smallest absolute Gasteiger partial charge is 0.358 e. The summed E-state index contributed by atoms with van der Waals surface area (Å²) in [4.78, 5) is 24.1. The molecule has 0 bridgehead atoms. The van der Waals surface area contributed by atoms with E-state index in [2.05, 4.69) is 4.98 Å². The van der Waals surface area contributed by atoms with Crippen molar-refractivity contribution in [2.24, 2.45) is 0 Å². The molecule has 0 unspecified atom stereocenters. The third-order valence-corrected chi connectivity index (χ3v) is 2.19. The zero-order valence-corrected chi connectivity index (χ0v) is 9.48. The molecule has 0 amide bonds. The van der Waals surface area contributed by atoms with Crippen LogP contribution >= 0.6 is 0 Å². The van der Waals surface area contributed by atoms with E-state index < -0.39 is 48.8 Å². The molecule has 0 saturated carbocycles. The number of nitrogens with zero attached hydrogens (tertiary/aromatic N) is 3. The predicted molar refractivity (Wildman–Crippen MR) is 54.0 cm³/mol. The van der Waals surface area contributed by atoms with Crippen LogP contribution in [-0.2, 0) is 18.0 Å². The number of rotatable bonds is 6. The van der Waals surface area contributed by atoms with E-state index in [4.69, 9.17) is 0 Å². The number of hydrogen-bond acceptors (Lipinski definition) is 4. The van der Waals surface area contributed by atoms with Gasteiger partial charge >= 0.3 is 12.0 Å². The molecule has 19 heavy (non-hydrogen) atoms. The first-order chi connectivity index (χ1) is 8.73. The number of Topliss-reactive ketones (excluding diaryl/α,β-unsaturated/α-hetero) is 1. The van der Waals surface area contributed by atoms with Crippen molar-refractivity contribution in [1.82, 2.24) is 9.55 Å². The van der Waals surface area contributed by atoms with E-state index in [9.17, 15) is 32.5 Å². The van der Waals surface area contributed by atoms with Gasteiger partial charge in [-0.15, -0.1) is 0 Å². The van der Waals surface area contributed by atoms with E-state index in [0.29, 0.717) is 0 Å². The third kappa shape index (κ3) is 4.64. The molecule has 10 heteroatoms. The first-order valence-corrected chi connectivity index (χ1v) is 5.08. The molecule has 0 N–H and O–H groups in total. The number of aromatic nitrogens is 2. The summed E-state index contributed by atoms with van der Waals surface area (Å²) >= 11 is 0. The van der Waals surface area contributed by atoms with E-state index >= 15 is 0 Å². The van der Waals surface area contributed by atoms with E-state index in [1.807, 2.05) is 0 Å². The molecular weight excluding hydrogens is 273 g/mol. The first-order valence-electron chi connectivity index (χ1n) is 5.08. The van der Waals surface area contributed by atoms with Crippen LogP contribution in [0.25, 0.3) is 0 Å². The SMILES string of the molecule is O=C(CCC(F)(F)F)Cn1cc([N+](=O)[O-])nc1C[18F]. The Balaban J connectivity index is 2.70. The molecule has 0 aliphatic carbocycles. The van der Waals surface area contributed by atoms with Crippen molar-refractivity contribution in [3.63, 3.8) is 0 Å². The van der Waals surface area contributed by atoms with Crippen molar-refractivity contribution in [1.29, 1.82) is 0 Å². The average molecular weight is 282 g/mol. The molecule has 0 atom stereocenters. The van der Waals surface area contributed by atoms with Crippen LogP contribution in [0.4, 0.5) is 23.4 Å². The van der Waals surface area contributed by atoms with Crippen LogP contribution in [-0.4, -0.2) is 26.4 Å². The molecular formula is C9H9F4N3O3. The maximum Gasteiger partial charge on any atom is 0.389 e. The molecule has 0 aromatic carbocycles. The molecule has 0 saturated heterocycles. The van der Waals surface area contributed by atoms with Gasteiger partial charge < -0.3 is 10.1 Å². The molecule has 1 rings (SSSR count). The number of imidazole rings is 1. The molecule has 6 nitrogen and oxygen atoms in total. The van der Waals surface area contributed by atoms with Crippen LogP contribution < -0.4 is 0 Å². The summed E-state index contributed by atoms with van der Waals surface area (Å²) in [6.45, 7) is -1.73. The highest BCUT2D eigenvalue weighted by Crippen LogP contribution is 2.22. The molecule has 0 aliphatic heterocycles. The minimum Gasteiger partial charge on any atom is -0.358 e. The van der Waals surface area contributed by atoms with E-state index in [1.165, 1.54) is 0 Å². The molecule has 0 spiro atoms. The Labute approximate surface area is 104 Å². The standard InChI is InChI=1S/C9H9F4N3O3/c10-3-7-14-8(16(18)19)5-15(7)4-6(17)1-2-9(11,12)13/h5H,1-4H2/i10-1. The van der Waals surface area contributed by atoms with Crippen molar-refractivity contribution in [2.75, 3.05) is 0 Å². The number of halogens is 4. The minimum absolute atomic E-state index is 0.368. The van der Waals surface area contributed by atoms with Crippen LogP contribution in [0.15, 0.2) is 6.20 Å². The van der Waals surface area contributed by atoms with E-state index in [-0.39, 0.29) is 5.82 Å². The molecule has 1 aromatic rings. The Morgan fingerprint density at radius 3 is 2.58 bits per heavy atom. The predicted octanol–water partition coefficient (Wildman–Crippen LogP) is 2.17. The molecule has 0 radical (unpaired) electrons. The van der Waals surface area contributed by atoms with Gasteiger partial charge in [0.15, 0.2) is 12.5 Å². The fraction of sp³-hybridized carbons (Fsp3) is 0.556. The van der Waals surface area contributed by atoms with Gasteiger partial charge in [0.05, 0.1) is 13.0 Å². The van der Waals surface area contributed by atoms with Gasteiger partial charge in [-0.05, 0) is 9.91 Å². The number of ketones is 1. The van der Waals surface area contributed by atoms with Gasteiger partial charge in [-0.25, -0.2) is 4.39 Å². The zero-order valence-electron chi connectivity index (χ0n) is 9.48. The minimum atomic E-state index is -4.46. The van der Waals surface area contributed by atoms with Gasteiger partial charge in [-0.3, -0.25) is 9.36 Å². The quantitative estimate of drug-likeness (QED) is 0.455. The number of nitro groups is 1. The van der Waals surface area contributed by atoms with Crippen molar-refractivity contribution < 1.29 is 27.3 Å². The lowest BCUT2D eigenvalue weighted by atomic mass is 10.2. The Hall–Kier alpha value is -2.00. The van der Waals surface area contributed by atoms with Gasteiger partial charge in [-0.1, -0.05) is 0 Å². The second kappa shape index (κ2) is 5.76. The molecule has 1 heterocycles. The Morgan fingerprint density at radius 2 is 2.11 bits per heavy atom. The van der Waals surface area contributed by atoms with Gasteiger partial charge in [0.2, 0.25) is 0 Å². The highest BCUT2D eigenvalue weighted by Gasteiger charge is 2.28. The summed E-state index contributed by atoms with van der Waals surface area (Å²) in [5.74, 6) is -1.83. The molecule has 0 fully saturated rings. The van der Waals surface area contributed by atoms with Crippen molar-refractivity contribution in [2.45, 2.75) is 32.2 Å². The van der Waals surface area contributed by atoms with Gasteiger partial charge in [-0.2, -0.15) is 13.2 Å². The molecule has 106 valence electrons. The maximum absolute atomic E-state index is 12.5. The largest absolute Gasteiger partial charge is 0.389 e. The second-order valence-corrected chi connectivity index (χ2v) is 3.69. The van der Waals surface area contributed by atoms with E-state index in [1.54, 1.807) is 0 Å². The number of carbonyl (C=O) groups is 1. The zero-order chi connectivity index (χ0) is 14.6. The lowest BCUT2D eigenvalue weighted by Gasteiger charge is -2.05. The summed E-state index contributed by atoms with van der Waals surface area (Å²) in [7, 11) is 0.